The second kappa shape index (κ2) is 5.40. The summed E-state index contributed by atoms with van der Waals surface area (Å²) in [4.78, 5) is 0. The minimum atomic E-state index is -0.174. The van der Waals surface area contributed by atoms with Crippen LogP contribution in [-0.4, -0.2) is 18.3 Å². The van der Waals surface area contributed by atoms with Crippen LogP contribution in [-0.2, 0) is 9.31 Å². The van der Waals surface area contributed by atoms with E-state index in [-0.39, 0.29) is 18.3 Å². The van der Waals surface area contributed by atoms with E-state index in [4.69, 9.17) is 9.31 Å². The zero-order valence-corrected chi connectivity index (χ0v) is 13.7. The Bertz CT molecular complexity index is 298. The Labute approximate surface area is 119 Å². The molecule has 3 atom stereocenters. The Morgan fingerprint density at radius 2 is 1.58 bits per heavy atom. The Morgan fingerprint density at radius 3 is 2.05 bits per heavy atom. The zero-order valence-electron chi connectivity index (χ0n) is 13.7. The maximum Gasteiger partial charge on any atom is 0.457 e. The molecule has 0 radical (unpaired) electrons. The van der Waals surface area contributed by atoms with Gasteiger partial charge in [0.05, 0.1) is 11.2 Å². The number of hydrogen-bond acceptors (Lipinski definition) is 2. The van der Waals surface area contributed by atoms with Crippen LogP contribution in [0.25, 0.3) is 0 Å². The molecule has 0 N–H and O–H groups in total. The van der Waals surface area contributed by atoms with Crippen LogP contribution in [0.15, 0.2) is 0 Å². The van der Waals surface area contributed by atoms with Crippen LogP contribution in [0.3, 0.4) is 0 Å². The standard InChI is InChI=1S/C16H31BO2/c1-12-10-13(2)14(11-12)8-7-9-17-18-15(3,4)16(5,6)19-17/h12-14H,7-11H2,1-6H3/t12?,13-,14+/m0/s1. The first kappa shape index (κ1) is 15.4. The van der Waals surface area contributed by atoms with Gasteiger partial charge in [-0.05, 0) is 64.6 Å². The summed E-state index contributed by atoms with van der Waals surface area (Å²) in [5, 5.41) is 0. The van der Waals surface area contributed by atoms with Gasteiger partial charge in [-0.1, -0.05) is 26.7 Å². The molecule has 0 spiro atoms. The van der Waals surface area contributed by atoms with E-state index in [1.165, 1.54) is 25.7 Å². The molecule has 0 aromatic carbocycles. The highest BCUT2D eigenvalue weighted by Gasteiger charge is 2.50. The van der Waals surface area contributed by atoms with E-state index < -0.39 is 0 Å². The van der Waals surface area contributed by atoms with E-state index in [2.05, 4.69) is 41.5 Å². The molecular weight excluding hydrogens is 235 g/mol. The average Bonchev–Trinajstić information content (AvgIpc) is 2.65. The van der Waals surface area contributed by atoms with Crippen molar-refractivity contribution in [1.82, 2.24) is 0 Å². The molecule has 1 heterocycles. The Hall–Kier alpha value is -0.0151. The van der Waals surface area contributed by atoms with Crippen molar-refractivity contribution in [2.45, 2.75) is 84.7 Å². The van der Waals surface area contributed by atoms with Gasteiger partial charge in [0.1, 0.15) is 0 Å². The van der Waals surface area contributed by atoms with Crippen molar-refractivity contribution in [2.75, 3.05) is 0 Å². The molecule has 110 valence electrons. The van der Waals surface area contributed by atoms with Gasteiger partial charge >= 0.3 is 7.12 Å². The molecule has 0 aromatic rings. The second-order valence-corrected chi connectivity index (χ2v) is 7.93. The molecule has 1 aliphatic heterocycles. The lowest BCUT2D eigenvalue weighted by Gasteiger charge is -2.32. The van der Waals surface area contributed by atoms with Gasteiger partial charge in [-0.15, -0.1) is 0 Å². The van der Waals surface area contributed by atoms with Crippen molar-refractivity contribution < 1.29 is 9.31 Å². The summed E-state index contributed by atoms with van der Waals surface area (Å²) in [5.41, 5.74) is -0.348. The van der Waals surface area contributed by atoms with Gasteiger partial charge in [0.2, 0.25) is 0 Å². The molecule has 1 aliphatic carbocycles. The molecule has 1 saturated heterocycles. The molecule has 2 fully saturated rings. The Morgan fingerprint density at radius 1 is 1.00 bits per heavy atom. The van der Waals surface area contributed by atoms with Crippen LogP contribution in [0.4, 0.5) is 0 Å². The molecule has 2 aliphatic rings. The smallest absolute Gasteiger partial charge is 0.403 e. The first-order chi connectivity index (χ1) is 8.71. The van der Waals surface area contributed by atoms with Crippen LogP contribution in [0.2, 0.25) is 6.32 Å². The molecule has 1 unspecified atom stereocenters. The lowest BCUT2D eigenvalue weighted by Crippen LogP contribution is -2.41. The van der Waals surface area contributed by atoms with Crippen molar-refractivity contribution in [2.24, 2.45) is 17.8 Å². The summed E-state index contributed by atoms with van der Waals surface area (Å²) in [6.45, 7) is 13.3. The normalized spacial score (nSPS) is 36.9. The largest absolute Gasteiger partial charge is 0.457 e. The lowest BCUT2D eigenvalue weighted by molar-refractivity contribution is 0.00578. The van der Waals surface area contributed by atoms with E-state index in [0.717, 1.165) is 24.1 Å². The average molecular weight is 266 g/mol. The highest BCUT2D eigenvalue weighted by Crippen LogP contribution is 2.41. The van der Waals surface area contributed by atoms with Gasteiger partial charge in [0, 0.05) is 0 Å². The highest BCUT2D eigenvalue weighted by atomic mass is 16.7. The Kier molecular flexibility index (Phi) is 4.37. The second-order valence-electron chi connectivity index (χ2n) is 7.93. The summed E-state index contributed by atoms with van der Waals surface area (Å²) in [5.74, 6) is 2.77. The lowest BCUT2D eigenvalue weighted by atomic mass is 9.80. The maximum atomic E-state index is 6.05. The van der Waals surface area contributed by atoms with Crippen LogP contribution in [0.5, 0.6) is 0 Å². The van der Waals surface area contributed by atoms with E-state index >= 15 is 0 Å². The van der Waals surface area contributed by atoms with Crippen LogP contribution in [0, 0.1) is 17.8 Å². The molecule has 0 aromatic heterocycles. The molecule has 2 rings (SSSR count). The monoisotopic (exact) mass is 266 g/mol. The van der Waals surface area contributed by atoms with Gasteiger partial charge in [-0.2, -0.15) is 0 Å². The maximum absolute atomic E-state index is 6.05. The third kappa shape index (κ3) is 3.36. The van der Waals surface area contributed by atoms with Crippen molar-refractivity contribution in [1.29, 1.82) is 0 Å². The predicted molar refractivity (Wildman–Crippen MR) is 81.2 cm³/mol. The summed E-state index contributed by atoms with van der Waals surface area (Å²) in [7, 11) is -0.000803. The molecule has 0 bridgehead atoms. The predicted octanol–water partition coefficient (Wildman–Crippen LogP) is 4.54. The molecular formula is C16H31BO2. The zero-order chi connectivity index (χ0) is 14.3. The number of hydrogen-bond donors (Lipinski definition) is 0. The fraction of sp³-hybridized carbons (Fsp3) is 1.00. The van der Waals surface area contributed by atoms with Gasteiger partial charge in [-0.3, -0.25) is 0 Å². The molecule has 3 heteroatoms. The van der Waals surface area contributed by atoms with Crippen molar-refractivity contribution in [3.8, 4) is 0 Å². The molecule has 19 heavy (non-hydrogen) atoms. The van der Waals surface area contributed by atoms with Gasteiger partial charge in [-0.25, -0.2) is 0 Å². The van der Waals surface area contributed by atoms with Gasteiger partial charge in [0.25, 0.3) is 0 Å². The summed E-state index contributed by atoms with van der Waals surface area (Å²) in [6, 6.07) is 0. The quantitative estimate of drug-likeness (QED) is 0.695. The summed E-state index contributed by atoms with van der Waals surface area (Å²) in [6.07, 6.45) is 6.46. The third-order valence-corrected chi connectivity index (χ3v) is 5.60. The van der Waals surface area contributed by atoms with E-state index in [0.29, 0.717) is 0 Å². The molecule has 0 amide bonds. The fourth-order valence-electron chi connectivity index (χ4n) is 3.70. The van der Waals surface area contributed by atoms with Crippen molar-refractivity contribution in [3.05, 3.63) is 0 Å². The van der Waals surface area contributed by atoms with Gasteiger partial charge < -0.3 is 9.31 Å². The van der Waals surface area contributed by atoms with E-state index in [1.54, 1.807) is 0 Å². The summed E-state index contributed by atoms with van der Waals surface area (Å²) >= 11 is 0. The van der Waals surface area contributed by atoms with E-state index in [1.807, 2.05) is 0 Å². The van der Waals surface area contributed by atoms with Crippen molar-refractivity contribution >= 4 is 7.12 Å². The minimum absolute atomic E-state index is 0.000803. The molecule has 1 saturated carbocycles. The summed E-state index contributed by atoms with van der Waals surface area (Å²) < 4.78 is 12.1. The fourth-order valence-corrected chi connectivity index (χ4v) is 3.70. The number of rotatable bonds is 4. The van der Waals surface area contributed by atoms with Crippen LogP contribution in [0.1, 0.15) is 67.2 Å². The van der Waals surface area contributed by atoms with E-state index in [9.17, 15) is 0 Å². The SMILES string of the molecule is CC1C[C@@H](CCCB2OC(C)(C)C(C)(C)O2)[C@@H](C)C1. The van der Waals surface area contributed by atoms with Crippen LogP contribution < -0.4 is 0 Å². The Balaban J connectivity index is 1.73. The molecule has 2 nitrogen and oxygen atoms in total. The first-order valence-electron chi connectivity index (χ1n) is 8.07. The van der Waals surface area contributed by atoms with Crippen molar-refractivity contribution in [3.63, 3.8) is 0 Å². The topological polar surface area (TPSA) is 18.5 Å². The van der Waals surface area contributed by atoms with Gasteiger partial charge in [0.15, 0.2) is 0 Å². The van der Waals surface area contributed by atoms with Crippen LogP contribution >= 0.6 is 0 Å². The highest BCUT2D eigenvalue weighted by molar-refractivity contribution is 6.45. The minimum Gasteiger partial charge on any atom is -0.403 e. The third-order valence-electron chi connectivity index (χ3n) is 5.60. The first-order valence-corrected chi connectivity index (χ1v) is 8.07.